The van der Waals surface area contributed by atoms with Crippen LogP contribution in [0.4, 0.5) is 0 Å². The second kappa shape index (κ2) is 4.19. The van der Waals surface area contributed by atoms with Gasteiger partial charge in [-0.3, -0.25) is 4.79 Å². The number of Topliss-reactive ketones (excluding diaryl/α,β-unsaturated/α-hetero) is 1. The number of nitrogens with zero attached hydrogens (tertiary/aromatic N) is 1. The lowest BCUT2D eigenvalue weighted by molar-refractivity contribution is -0.135. The van der Waals surface area contributed by atoms with E-state index in [1.165, 1.54) is 11.3 Å². The highest BCUT2D eigenvalue weighted by molar-refractivity contribution is 7.09. The number of rotatable bonds is 4. The number of ketones is 1. The Bertz CT molecular complexity index is 331. The number of carbonyl (C=O) groups excluding carboxylic acids is 1. The fraction of sp³-hybridized carbons (Fsp3) is 0.600. The molecule has 14 heavy (non-hydrogen) atoms. The summed E-state index contributed by atoms with van der Waals surface area (Å²) in [5.74, 6) is -0.158. The van der Waals surface area contributed by atoms with E-state index in [9.17, 15) is 9.90 Å². The maximum Gasteiger partial charge on any atom is 0.170 e. The third-order valence-corrected chi connectivity index (χ3v) is 3.23. The summed E-state index contributed by atoms with van der Waals surface area (Å²) in [6.07, 6.45) is 0.676. The molecule has 0 radical (unpaired) electrons. The van der Waals surface area contributed by atoms with Gasteiger partial charge in [0.05, 0.1) is 6.42 Å². The molecule has 0 amide bonds. The van der Waals surface area contributed by atoms with Gasteiger partial charge < -0.3 is 5.11 Å². The number of hydrogen-bond donors (Lipinski definition) is 1. The van der Waals surface area contributed by atoms with E-state index in [4.69, 9.17) is 0 Å². The van der Waals surface area contributed by atoms with E-state index >= 15 is 0 Å². The smallest absolute Gasteiger partial charge is 0.170 e. The van der Waals surface area contributed by atoms with Crippen molar-refractivity contribution in [1.29, 1.82) is 0 Å². The molecule has 0 aromatic carbocycles. The summed E-state index contributed by atoms with van der Waals surface area (Å²) in [7, 11) is 0. The maximum atomic E-state index is 11.6. The van der Waals surface area contributed by atoms with Crippen molar-refractivity contribution in [1.82, 2.24) is 4.98 Å². The van der Waals surface area contributed by atoms with E-state index in [1.54, 1.807) is 13.8 Å². The summed E-state index contributed by atoms with van der Waals surface area (Å²) in [4.78, 5) is 15.8. The number of hydrogen-bond acceptors (Lipinski definition) is 4. The molecule has 0 fully saturated rings. The first-order chi connectivity index (χ1) is 6.45. The van der Waals surface area contributed by atoms with Crippen LogP contribution in [0.3, 0.4) is 0 Å². The molecule has 4 heteroatoms. The normalized spacial score (nSPS) is 15.1. The highest BCUT2D eigenvalue weighted by Crippen LogP contribution is 2.16. The average Bonchev–Trinajstić information content (AvgIpc) is 2.51. The van der Waals surface area contributed by atoms with E-state index in [-0.39, 0.29) is 12.2 Å². The van der Waals surface area contributed by atoms with Crippen molar-refractivity contribution >= 4 is 17.1 Å². The van der Waals surface area contributed by atoms with E-state index in [0.717, 1.165) is 10.7 Å². The number of aromatic nitrogens is 1. The predicted octanol–water partition coefficient (Wildman–Crippen LogP) is 1.72. The lowest BCUT2D eigenvalue weighted by Crippen LogP contribution is -2.35. The molecule has 0 saturated carbocycles. The minimum atomic E-state index is -1.21. The molecule has 1 unspecified atom stereocenters. The van der Waals surface area contributed by atoms with Gasteiger partial charge in [-0.05, 0) is 20.3 Å². The topological polar surface area (TPSA) is 50.2 Å². The first-order valence-electron chi connectivity index (χ1n) is 4.62. The predicted molar refractivity (Wildman–Crippen MR) is 56.5 cm³/mol. The zero-order chi connectivity index (χ0) is 10.8. The molecule has 0 saturated heterocycles. The molecule has 0 aliphatic heterocycles. The van der Waals surface area contributed by atoms with Crippen molar-refractivity contribution in [2.75, 3.05) is 0 Å². The molecular formula is C10H15NO2S. The van der Waals surface area contributed by atoms with Gasteiger partial charge in [0.1, 0.15) is 10.6 Å². The third-order valence-electron chi connectivity index (χ3n) is 2.27. The molecule has 1 N–H and O–H groups in total. The average molecular weight is 213 g/mol. The van der Waals surface area contributed by atoms with Gasteiger partial charge in [-0.2, -0.15) is 0 Å². The summed E-state index contributed by atoms with van der Waals surface area (Å²) in [5.41, 5.74) is -0.284. The van der Waals surface area contributed by atoms with Crippen LogP contribution < -0.4 is 0 Å². The second-order valence-electron chi connectivity index (χ2n) is 3.61. The molecule has 1 heterocycles. The Balaban J connectivity index is 2.66. The molecule has 78 valence electrons. The fourth-order valence-electron chi connectivity index (χ4n) is 1.01. The molecule has 1 aromatic heterocycles. The number of thiazole rings is 1. The molecule has 1 atom stereocenters. The summed E-state index contributed by atoms with van der Waals surface area (Å²) in [6, 6.07) is 0. The Morgan fingerprint density at radius 2 is 2.36 bits per heavy atom. The lowest BCUT2D eigenvalue weighted by Gasteiger charge is -2.18. The van der Waals surface area contributed by atoms with Gasteiger partial charge in [-0.15, -0.1) is 11.3 Å². The maximum absolute atomic E-state index is 11.6. The summed E-state index contributed by atoms with van der Waals surface area (Å²) < 4.78 is 0. The first kappa shape index (κ1) is 11.3. The quantitative estimate of drug-likeness (QED) is 0.828. The van der Waals surface area contributed by atoms with Crippen molar-refractivity contribution < 1.29 is 9.90 Å². The van der Waals surface area contributed by atoms with Gasteiger partial charge in [0.25, 0.3) is 0 Å². The van der Waals surface area contributed by atoms with Gasteiger partial charge in [0, 0.05) is 11.1 Å². The van der Waals surface area contributed by atoms with Gasteiger partial charge in [0.2, 0.25) is 0 Å². The van der Waals surface area contributed by atoms with Crippen molar-refractivity contribution in [3.8, 4) is 0 Å². The van der Waals surface area contributed by atoms with Crippen LogP contribution in [0, 0.1) is 6.92 Å². The Hall–Kier alpha value is -0.740. The van der Waals surface area contributed by atoms with Gasteiger partial charge in [-0.1, -0.05) is 6.92 Å². The van der Waals surface area contributed by atoms with Gasteiger partial charge in [-0.25, -0.2) is 4.98 Å². The fourth-order valence-corrected chi connectivity index (χ4v) is 1.78. The molecule has 1 aromatic rings. The van der Waals surface area contributed by atoms with E-state index in [2.05, 4.69) is 4.98 Å². The van der Waals surface area contributed by atoms with Crippen LogP contribution in [0.1, 0.15) is 31.0 Å². The molecule has 3 nitrogen and oxygen atoms in total. The number of aryl methyl sites for hydroxylation is 1. The van der Waals surface area contributed by atoms with Gasteiger partial charge >= 0.3 is 0 Å². The Morgan fingerprint density at radius 1 is 1.71 bits per heavy atom. The largest absolute Gasteiger partial charge is 0.382 e. The van der Waals surface area contributed by atoms with Crippen molar-refractivity contribution in [3.05, 3.63) is 16.1 Å². The molecule has 1 rings (SSSR count). The monoisotopic (exact) mass is 213 g/mol. The molecule has 0 spiro atoms. The zero-order valence-electron chi connectivity index (χ0n) is 8.70. The van der Waals surface area contributed by atoms with E-state index in [0.29, 0.717) is 6.42 Å². The van der Waals surface area contributed by atoms with Crippen molar-refractivity contribution in [3.63, 3.8) is 0 Å². The summed E-state index contributed by atoms with van der Waals surface area (Å²) >= 11 is 1.46. The minimum Gasteiger partial charge on any atom is -0.382 e. The molecule has 0 bridgehead atoms. The lowest BCUT2D eigenvalue weighted by atomic mass is 9.96. The standard InChI is InChI=1S/C10H15NO2S/c1-4-10(3,13)8(12)5-9-11-7(2)6-14-9/h6,13H,4-5H2,1-3H3. The molecule has 0 aliphatic rings. The third kappa shape index (κ3) is 2.62. The number of aliphatic hydroxyl groups is 1. The zero-order valence-corrected chi connectivity index (χ0v) is 9.52. The van der Waals surface area contributed by atoms with Crippen LogP contribution in [0.25, 0.3) is 0 Å². The van der Waals surface area contributed by atoms with Crippen LogP contribution >= 0.6 is 11.3 Å². The number of carbonyl (C=O) groups is 1. The molecular weight excluding hydrogens is 198 g/mol. The summed E-state index contributed by atoms with van der Waals surface area (Å²) in [5, 5.41) is 12.4. The second-order valence-corrected chi connectivity index (χ2v) is 4.55. The highest BCUT2D eigenvalue weighted by atomic mass is 32.1. The van der Waals surface area contributed by atoms with Crippen LogP contribution in [0.2, 0.25) is 0 Å². The van der Waals surface area contributed by atoms with Crippen LogP contribution in [0.15, 0.2) is 5.38 Å². The minimum absolute atomic E-state index is 0.158. The van der Waals surface area contributed by atoms with Crippen LogP contribution in [-0.2, 0) is 11.2 Å². The van der Waals surface area contributed by atoms with Crippen molar-refractivity contribution in [2.45, 2.75) is 39.2 Å². The molecule has 0 aliphatic carbocycles. The van der Waals surface area contributed by atoms with Crippen LogP contribution in [0.5, 0.6) is 0 Å². The SMILES string of the molecule is CCC(C)(O)C(=O)Cc1nc(C)cs1. The Morgan fingerprint density at radius 3 is 2.79 bits per heavy atom. The van der Waals surface area contributed by atoms with Crippen LogP contribution in [-0.4, -0.2) is 21.5 Å². The first-order valence-corrected chi connectivity index (χ1v) is 5.50. The Labute approximate surface area is 87.8 Å². The highest BCUT2D eigenvalue weighted by Gasteiger charge is 2.28. The Kier molecular flexibility index (Phi) is 3.39. The van der Waals surface area contributed by atoms with E-state index in [1.807, 2.05) is 12.3 Å². The van der Waals surface area contributed by atoms with Gasteiger partial charge in [0.15, 0.2) is 5.78 Å². The van der Waals surface area contributed by atoms with Crippen molar-refractivity contribution in [2.24, 2.45) is 0 Å². The summed E-state index contributed by atoms with van der Waals surface area (Å²) in [6.45, 7) is 5.24. The van der Waals surface area contributed by atoms with E-state index < -0.39 is 5.60 Å².